The smallest absolute Gasteiger partial charge is 0.336 e. The Kier molecular flexibility index (Phi) is 39.2. The number of carbonyl (C=O) groups is 16. The van der Waals surface area contributed by atoms with E-state index in [0.717, 1.165) is 35.1 Å². The first-order chi connectivity index (χ1) is 68.1. The molecule has 2 unspecified atom stereocenters. The Morgan fingerprint density at radius 1 is 0.556 bits per heavy atom. The molecule has 9 fully saturated rings. The number of hydroxylamine groups is 2. The summed E-state index contributed by atoms with van der Waals surface area (Å²) in [5.74, 6) is -8.16. The number of carbonyl (C=O) groups excluding carboxylic acids is 16. The Balaban J connectivity index is 0.000000271. The number of halogens is 2. The van der Waals surface area contributed by atoms with Crippen LogP contribution < -0.4 is 30.3 Å². The molecule has 144 heavy (non-hydrogen) atoms. The lowest BCUT2D eigenvalue weighted by atomic mass is 9.78. The zero-order valence-electron chi connectivity index (χ0n) is 85.2. The fourth-order valence-corrected chi connectivity index (χ4v) is 23.4. The zero-order valence-corrected chi connectivity index (χ0v) is 88.4. The number of nitrogens with two attached hydrogens (primary N) is 1. The molecule has 8 bridgehead atoms. The van der Waals surface area contributed by atoms with Gasteiger partial charge >= 0.3 is 29.8 Å². The third-order valence-electron chi connectivity index (χ3n) is 30.0. The van der Waals surface area contributed by atoms with Crippen molar-refractivity contribution in [2.75, 3.05) is 105 Å². The molecular formula is C102H139Cl2N9O29S2. The van der Waals surface area contributed by atoms with E-state index in [4.69, 9.17) is 75.4 Å². The first-order valence-corrected chi connectivity index (χ1v) is 51.9. The van der Waals surface area contributed by atoms with Gasteiger partial charge in [-0.15, -0.1) is 28.6 Å². The van der Waals surface area contributed by atoms with Crippen molar-refractivity contribution in [3.63, 3.8) is 0 Å². The molecule has 42 heteroatoms. The number of imide groups is 3. The number of ether oxygens (including phenoxy) is 10. The number of benzene rings is 2. The fraction of sp³-hybridized carbons (Fsp3) is 0.647. The van der Waals surface area contributed by atoms with Gasteiger partial charge in [0.25, 0.3) is 11.8 Å². The Hall–Kier alpha value is -9.88. The van der Waals surface area contributed by atoms with E-state index in [9.17, 15) is 86.9 Å². The number of likely N-dealkylation sites (N-methyl/N-ethyl adjacent to an activating group) is 2. The molecule has 0 aromatic heterocycles. The summed E-state index contributed by atoms with van der Waals surface area (Å²) in [6.45, 7) is 14.3. The second-order valence-corrected chi connectivity index (χ2v) is 43.2. The van der Waals surface area contributed by atoms with Gasteiger partial charge in [0.1, 0.15) is 92.7 Å². The van der Waals surface area contributed by atoms with Crippen LogP contribution in [0.2, 0.25) is 10.0 Å². The van der Waals surface area contributed by atoms with E-state index in [2.05, 4.69) is 11.1 Å². The number of anilines is 2. The number of hydrogen-bond acceptors (Lipinski definition) is 32. The van der Waals surface area contributed by atoms with E-state index < -0.39 is 177 Å². The molecule has 9 heterocycles. The maximum atomic E-state index is 14.4. The standard InChI is InChI=1S/C52H67ClN4O16S.C49H67ClN4O13S.CH5N/c1-28-10-9-11-38(69-8)52(67)25-36(70-45(63)26-52)29(2)47-51(4,72-47)39(24-43(61)55(6)34-21-32(20-28)22-35(68-7)46(34)53)71-49(65)30(3)54(5)40(58)18-19-74-37-23-44(62)56(48(37)64)27-31-12-14-33(15-13-31)50(66)73-57-41(59)16-17-42(57)60;1-27-11-10-12-37(64-9)49(62)24-35(65-42(58)25-49)28(2)44-48(4,67-44)38(23-40(56)53(7)33-20-31(19-27)21-34(63-8)43(33)50)66-47(61)29(3)52(6)39(55)17-18-68-36-22-41(57)54(46(36)60)26-30-13-15-32(16-14-30)45(59)51-5;1-2/h9-11,21-22,29-31,33,36-39,47,67H,12-20,23-27H2,1-8H3;10-12,20-21,28-30,32,35-38,44,62H,13-19,22-26H2,1-9H3,(H,51,59);2H2,1H3/b11-9+,28-10+;12-10+,27-11+;/t29-,30+,31?,33?,36+,37?,38-,39+,47+,51+,52-;28-,29+,30?,32?,35+,36?,37-,38+,44+,48+,49-;/m11./s1. The van der Waals surface area contributed by atoms with Gasteiger partial charge in [-0.3, -0.25) is 72.1 Å². The number of nitrogens with one attached hydrogen (secondary N) is 1. The molecule has 13 rings (SSSR count). The SMILES string of the molecule is CN.CNC(=O)C1CCC(CN2C(=O)CC(SCCC(=O)N(C)[C@@H](C)C(=O)O[C@H]3CC(=O)N(C)c4cc(cc(OC)c4Cl)C/C(C)=C/C=C/[C@@H](OC)[C@]4(O)CC(=O)O[C@@H](C4)[C@@H](C)[C@@H]4O[C@@]34C)C2=O)CC1.COc1cc2cc(c1Cl)N(C)C(=O)C[C@H](OC(=O)[C@H](C)N(C)C(=O)CCSC1CC(=O)N(CC3CCC(C(=O)ON4C(=O)CCC4=O)CC3)C1=O)[C@]1(C)O[C@H]1[C@H](C)[C@@H]1C[C@@](O)(CC(=O)O1)[C@H](OC)/C=C/C=C(\C)C2. The summed E-state index contributed by atoms with van der Waals surface area (Å²) in [6, 6.07) is 4.84. The molecule has 18 atom stereocenters. The van der Waals surface area contributed by atoms with E-state index in [-0.39, 0.29) is 152 Å². The Morgan fingerprint density at radius 3 is 1.29 bits per heavy atom. The van der Waals surface area contributed by atoms with Crippen LogP contribution in [0.4, 0.5) is 11.4 Å². The van der Waals surface area contributed by atoms with Gasteiger partial charge in [0, 0.05) is 143 Å². The van der Waals surface area contributed by atoms with Crippen LogP contribution in [0.3, 0.4) is 0 Å². The number of allylic oxidation sites excluding steroid dienone is 6. The molecule has 0 spiro atoms. The van der Waals surface area contributed by atoms with Gasteiger partial charge in [-0.1, -0.05) is 84.7 Å². The summed E-state index contributed by atoms with van der Waals surface area (Å²) in [6.07, 6.45) is 7.57. The minimum absolute atomic E-state index is 0.00121. The van der Waals surface area contributed by atoms with E-state index in [1.165, 1.54) is 116 Å². The lowest BCUT2D eigenvalue weighted by Crippen LogP contribution is -2.53. The van der Waals surface area contributed by atoms with Gasteiger partial charge in [0.05, 0.1) is 79.9 Å². The molecule has 2 aromatic rings. The molecule has 0 radical (unpaired) electrons. The molecule has 9 aliphatic heterocycles. The number of aliphatic hydroxyl groups is 2. The van der Waals surface area contributed by atoms with Crippen LogP contribution in [0.25, 0.3) is 0 Å². The van der Waals surface area contributed by atoms with Crippen LogP contribution in [0, 0.1) is 35.5 Å². The predicted molar refractivity (Wildman–Crippen MR) is 531 cm³/mol. The molecular weight excluding hydrogens is 1950 g/mol. The third kappa shape index (κ3) is 26.8. The van der Waals surface area contributed by atoms with Crippen molar-refractivity contribution in [2.24, 2.45) is 41.2 Å². The zero-order chi connectivity index (χ0) is 106. The van der Waals surface area contributed by atoms with Crippen molar-refractivity contribution in [1.29, 1.82) is 0 Å². The summed E-state index contributed by atoms with van der Waals surface area (Å²) < 4.78 is 59.2. The van der Waals surface area contributed by atoms with Gasteiger partial charge in [-0.25, -0.2) is 14.4 Å². The predicted octanol–water partition coefficient (Wildman–Crippen LogP) is 8.57. The van der Waals surface area contributed by atoms with Crippen molar-refractivity contribution >= 4 is 153 Å². The largest absolute Gasteiger partial charge is 0.495 e. The molecule has 7 saturated heterocycles. The molecule has 11 aliphatic rings. The van der Waals surface area contributed by atoms with Crippen LogP contribution in [-0.4, -0.2) is 319 Å². The van der Waals surface area contributed by atoms with Crippen LogP contribution in [-0.2, 0) is 132 Å². The Morgan fingerprint density at radius 2 is 0.931 bits per heavy atom. The van der Waals surface area contributed by atoms with Gasteiger partial charge in [-0.2, -0.15) is 0 Å². The molecule has 2 saturated carbocycles. The van der Waals surface area contributed by atoms with E-state index >= 15 is 0 Å². The highest BCUT2D eigenvalue weighted by Gasteiger charge is 2.67. The number of epoxide rings is 2. The van der Waals surface area contributed by atoms with Crippen LogP contribution in [0.15, 0.2) is 71.9 Å². The maximum absolute atomic E-state index is 14.4. The maximum Gasteiger partial charge on any atom is 0.336 e. The highest BCUT2D eigenvalue weighted by molar-refractivity contribution is 8.00. The van der Waals surface area contributed by atoms with Crippen molar-refractivity contribution in [3.05, 3.63) is 93.0 Å². The number of methoxy groups -OCH3 is 4. The summed E-state index contributed by atoms with van der Waals surface area (Å²) >= 11 is 16.0. The van der Waals surface area contributed by atoms with Crippen molar-refractivity contribution in [3.8, 4) is 11.5 Å². The number of nitrogens with zero attached hydrogens (tertiary/aromatic N) is 7. The third-order valence-corrected chi connectivity index (χ3v) is 33.1. The molecule has 792 valence electrons. The first-order valence-electron chi connectivity index (χ1n) is 49.0. The first kappa shape index (κ1) is 114. The summed E-state index contributed by atoms with van der Waals surface area (Å²) in [5, 5.41) is 26.2. The summed E-state index contributed by atoms with van der Waals surface area (Å²) in [7, 11) is 15.0. The van der Waals surface area contributed by atoms with Crippen molar-refractivity contribution < 1.29 is 139 Å². The van der Waals surface area contributed by atoms with E-state index in [1.807, 2.05) is 26.0 Å². The van der Waals surface area contributed by atoms with Crippen LogP contribution in [0.1, 0.15) is 195 Å². The van der Waals surface area contributed by atoms with Crippen LogP contribution >= 0.6 is 46.7 Å². The van der Waals surface area contributed by atoms with Crippen molar-refractivity contribution in [2.45, 2.75) is 290 Å². The van der Waals surface area contributed by atoms with E-state index in [1.54, 1.807) is 97.4 Å². The molecule has 5 N–H and O–H groups in total. The van der Waals surface area contributed by atoms with Gasteiger partial charge in [0.2, 0.25) is 53.2 Å². The van der Waals surface area contributed by atoms with Crippen molar-refractivity contribution in [1.82, 2.24) is 30.0 Å². The Labute approximate surface area is 858 Å². The normalized spacial score (nSPS) is 32.1. The quantitative estimate of drug-likeness (QED) is 0.0313. The number of thioether (sulfide) groups is 2. The number of likely N-dealkylation sites (tertiary alicyclic amines) is 2. The highest BCUT2D eigenvalue weighted by atomic mass is 35.5. The average Bonchev–Trinajstić information content (AvgIpc) is 1.57. The average molecular weight is 2090 g/mol. The monoisotopic (exact) mass is 2090 g/mol. The van der Waals surface area contributed by atoms with Gasteiger partial charge in [-0.05, 0) is 160 Å². The lowest BCUT2D eigenvalue weighted by Gasteiger charge is -2.41. The fourth-order valence-electron chi connectivity index (χ4n) is 20.6. The number of hydrogen-bond donors (Lipinski definition) is 4. The van der Waals surface area contributed by atoms with Crippen LogP contribution in [0.5, 0.6) is 11.5 Å². The summed E-state index contributed by atoms with van der Waals surface area (Å²) in [5.41, 5.74) is 2.76. The highest BCUT2D eigenvalue weighted by Crippen LogP contribution is 2.53. The minimum Gasteiger partial charge on any atom is -0.495 e. The topological polar surface area (TPSA) is 482 Å². The number of rotatable bonds is 25. The van der Waals surface area contributed by atoms with E-state index in [0.29, 0.717) is 85.8 Å². The molecule has 2 aromatic carbocycles. The number of esters is 4. The van der Waals surface area contributed by atoms with Gasteiger partial charge < -0.3 is 93.1 Å². The number of fused-ring (bicyclic) bond motifs is 10. The molecule has 11 amide bonds. The minimum atomic E-state index is -1.64. The Bertz CT molecular complexity index is 5280. The van der Waals surface area contributed by atoms with Gasteiger partial charge in [0.15, 0.2) is 0 Å². The molecule has 2 aliphatic carbocycles. The number of amides is 11. The second-order valence-electron chi connectivity index (χ2n) is 39.8. The summed E-state index contributed by atoms with van der Waals surface area (Å²) in [4.78, 5) is 224. The second kappa shape index (κ2) is 49.3. The molecule has 38 nitrogen and oxygen atoms in total. The lowest BCUT2D eigenvalue weighted by molar-refractivity contribution is -0.201.